The summed E-state index contributed by atoms with van der Waals surface area (Å²) in [5.74, 6) is 0.554. The van der Waals surface area contributed by atoms with Crippen molar-refractivity contribution in [2.75, 3.05) is 7.11 Å². The van der Waals surface area contributed by atoms with Crippen LogP contribution >= 0.6 is 0 Å². The maximum atomic E-state index is 13.0. The Kier molecular flexibility index (Phi) is 5.59. The predicted octanol–water partition coefficient (Wildman–Crippen LogP) is 1.49. The first-order valence-electron chi connectivity index (χ1n) is 8.65. The molecule has 1 fully saturated rings. The van der Waals surface area contributed by atoms with Crippen LogP contribution in [0.1, 0.15) is 37.8 Å². The highest BCUT2D eigenvalue weighted by molar-refractivity contribution is 7.89. The van der Waals surface area contributed by atoms with Crippen molar-refractivity contribution in [3.8, 4) is 5.75 Å². The van der Waals surface area contributed by atoms with E-state index < -0.39 is 22.2 Å². The van der Waals surface area contributed by atoms with Crippen molar-refractivity contribution in [1.29, 1.82) is 0 Å². The van der Waals surface area contributed by atoms with E-state index in [1.807, 2.05) is 6.92 Å². The number of rotatable bonds is 8. The topological polar surface area (TPSA) is 106 Å². The molecule has 1 saturated carbocycles. The van der Waals surface area contributed by atoms with Crippen molar-refractivity contribution in [3.63, 3.8) is 0 Å². The van der Waals surface area contributed by atoms with E-state index in [0.29, 0.717) is 30.7 Å². The molecule has 2 N–H and O–H groups in total. The van der Waals surface area contributed by atoms with E-state index in [0.717, 1.165) is 6.42 Å². The van der Waals surface area contributed by atoms with Gasteiger partial charge in [0, 0.05) is 12.7 Å². The molecule has 0 aliphatic heterocycles. The highest BCUT2D eigenvalue weighted by atomic mass is 32.2. The molecule has 0 unspecified atom stereocenters. The van der Waals surface area contributed by atoms with Crippen molar-refractivity contribution in [1.82, 2.24) is 19.5 Å². The first-order valence-corrected chi connectivity index (χ1v) is 10.1. The summed E-state index contributed by atoms with van der Waals surface area (Å²) in [6.45, 7) is 2.49. The molecular formula is C17H24N4O4S. The van der Waals surface area contributed by atoms with Gasteiger partial charge in [-0.2, -0.15) is 5.10 Å². The lowest BCUT2D eigenvalue weighted by atomic mass is 9.76. The largest absolute Gasteiger partial charge is 0.495 e. The summed E-state index contributed by atoms with van der Waals surface area (Å²) in [5.41, 5.74) is 0.714. The van der Waals surface area contributed by atoms with Crippen LogP contribution in [0.4, 0.5) is 0 Å². The Morgan fingerprint density at radius 1 is 1.42 bits per heavy atom. The number of aliphatic hydroxyl groups excluding tert-OH is 1. The zero-order valence-electron chi connectivity index (χ0n) is 14.9. The van der Waals surface area contributed by atoms with Gasteiger partial charge >= 0.3 is 0 Å². The van der Waals surface area contributed by atoms with Gasteiger partial charge in [-0.05, 0) is 42.9 Å². The molecule has 0 bridgehead atoms. The molecule has 1 atom stereocenters. The molecule has 9 heteroatoms. The molecule has 0 spiro atoms. The second-order valence-corrected chi connectivity index (χ2v) is 8.20. The molecule has 0 amide bonds. The number of sulfonamides is 1. The second kappa shape index (κ2) is 7.73. The van der Waals surface area contributed by atoms with Crippen molar-refractivity contribution < 1.29 is 18.3 Å². The van der Waals surface area contributed by atoms with Gasteiger partial charge in [-0.1, -0.05) is 6.92 Å². The summed E-state index contributed by atoms with van der Waals surface area (Å²) < 4.78 is 35.4. The van der Waals surface area contributed by atoms with Gasteiger partial charge < -0.3 is 9.84 Å². The Morgan fingerprint density at radius 3 is 2.85 bits per heavy atom. The van der Waals surface area contributed by atoms with Crippen molar-refractivity contribution in [3.05, 3.63) is 36.3 Å². The third kappa shape index (κ3) is 3.89. The van der Waals surface area contributed by atoms with E-state index in [9.17, 15) is 13.5 Å². The number of aryl methyl sites for hydroxylation is 1. The van der Waals surface area contributed by atoms with Crippen LogP contribution in [-0.4, -0.2) is 41.5 Å². The van der Waals surface area contributed by atoms with Crippen LogP contribution in [0.3, 0.4) is 0 Å². The van der Waals surface area contributed by atoms with Crippen molar-refractivity contribution in [2.45, 2.75) is 49.9 Å². The smallest absolute Gasteiger partial charge is 0.258 e. The Morgan fingerprint density at radius 2 is 2.19 bits per heavy atom. The molecule has 26 heavy (non-hydrogen) atoms. The highest BCUT2D eigenvalue weighted by Gasteiger charge is 2.38. The Hall–Kier alpha value is -1.97. The second-order valence-electron chi connectivity index (χ2n) is 6.53. The van der Waals surface area contributed by atoms with Crippen LogP contribution in [0.25, 0.3) is 0 Å². The van der Waals surface area contributed by atoms with Gasteiger partial charge in [-0.3, -0.25) is 9.67 Å². The molecule has 2 aromatic rings. The van der Waals surface area contributed by atoms with Crippen molar-refractivity contribution in [2.24, 2.45) is 5.92 Å². The fraction of sp³-hybridized carbons (Fsp3) is 0.529. The number of methoxy groups -OCH3 is 1. The number of hydrogen-bond donors (Lipinski definition) is 2. The third-order valence-corrected chi connectivity index (χ3v) is 6.08. The van der Waals surface area contributed by atoms with E-state index >= 15 is 0 Å². The molecule has 3 rings (SSSR count). The number of pyridine rings is 1. The monoisotopic (exact) mass is 380 g/mol. The number of nitrogens with one attached hydrogen (secondary N) is 1. The summed E-state index contributed by atoms with van der Waals surface area (Å²) in [6, 6.07) is 2.78. The predicted molar refractivity (Wildman–Crippen MR) is 95.1 cm³/mol. The molecule has 8 nitrogen and oxygen atoms in total. The SMILES string of the molecule is CCCn1nccc1S(=O)(=O)N[C@@H](c1cncc(OC)c1)C1CC(O)C1. The van der Waals surface area contributed by atoms with Crippen LogP contribution in [0, 0.1) is 5.92 Å². The fourth-order valence-electron chi connectivity index (χ4n) is 3.21. The third-order valence-electron chi connectivity index (χ3n) is 4.62. The van der Waals surface area contributed by atoms with Gasteiger partial charge in [0.25, 0.3) is 10.0 Å². The quantitative estimate of drug-likeness (QED) is 0.719. The molecule has 142 valence electrons. The highest BCUT2D eigenvalue weighted by Crippen LogP contribution is 2.39. The van der Waals surface area contributed by atoms with Gasteiger partial charge in [-0.15, -0.1) is 0 Å². The molecule has 2 aromatic heterocycles. The lowest BCUT2D eigenvalue weighted by Crippen LogP contribution is -2.41. The molecule has 1 aliphatic carbocycles. The zero-order chi connectivity index (χ0) is 18.7. The minimum atomic E-state index is -3.78. The minimum Gasteiger partial charge on any atom is -0.495 e. The van der Waals surface area contributed by atoms with Crippen LogP contribution in [-0.2, 0) is 16.6 Å². The van der Waals surface area contributed by atoms with Gasteiger partial charge in [0.05, 0.1) is 31.6 Å². The number of ether oxygens (including phenoxy) is 1. The van der Waals surface area contributed by atoms with E-state index in [1.54, 1.807) is 18.5 Å². The van der Waals surface area contributed by atoms with E-state index in [2.05, 4.69) is 14.8 Å². The number of aromatic nitrogens is 3. The van der Waals surface area contributed by atoms with Crippen LogP contribution in [0.2, 0.25) is 0 Å². The Labute approximate surface area is 153 Å². The first kappa shape index (κ1) is 18.8. The van der Waals surface area contributed by atoms with Crippen LogP contribution in [0.5, 0.6) is 5.75 Å². The van der Waals surface area contributed by atoms with E-state index in [1.165, 1.54) is 24.1 Å². The molecule has 0 radical (unpaired) electrons. The number of nitrogens with zero attached hydrogens (tertiary/aromatic N) is 3. The van der Waals surface area contributed by atoms with Crippen LogP contribution < -0.4 is 9.46 Å². The summed E-state index contributed by atoms with van der Waals surface area (Å²) in [5, 5.41) is 13.9. The molecule has 0 aromatic carbocycles. The first-order chi connectivity index (χ1) is 12.4. The lowest BCUT2D eigenvalue weighted by Gasteiger charge is -2.38. The standard InChI is InChI=1S/C17H24N4O4S/c1-3-6-21-16(4-5-19-21)26(23,24)20-17(12-7-14(22)8-12)13-9-15(25-2)11-18-10-13/h4-5,9-12,14,17,20,22H,3,6-8H2,1-2H3/t12?,14?,17-/m1/s1. The van der Waals surface area contributed by atoms with Gasteiger partial charge in [0.2, 0.25) is 0 Å². The maximum Gasteiger partial charge on any atom is 0.258 e. The Bertz CT molecular complexity index is 846. The van der Waals surface area contributed by atoms with Gasteiger partial charge in [0.1, 0.15) is 5.75 Å². The molecule has 2 heterocycles. The average Bonchev–Trinajstić information content (AvgIpc) is 3.07. The summed E-state index contributed by atoms with van der Waals surface area (Å²) in [7, 11) is -2.24. The van der Waals surface area contributed by atoms with E-state index in [4.69, 9.17) is 4.74 Å². The average molecular weight is 380 g/mol. The molecular weight excluding hydrogens is 356 g/mol. The minimum absolute atomic E-state index is 0.00349. The maximum absolute atomic E-state index is 13.0. The number of hydrogen-bond acceptors (Lipinski definition) is 6. The summed E-state index contributed by atoms with van der Waals surface area (Å²) in [6.07, 6.45) is 6.15. The van der Waals surface area contributed by atoms with Gasteiger partial charge in [0.15, 0.2) is 5.03 Å². The van der Waals surface area contributed by atoms with Gasteiger partial charge in [-0.25, -0.2) is 13.1 Å². The van der Waals surface area contributed by atoms with Crippen LogP contribution in [0.15, 0.2) is 35.7 Å². The normalized spacial score (nSPS) is 21.2. The summed E-state index contributed by atoms with van der Waals surface area (Å²) >= 11 is 0. The number of aliphatic hydroxyl groups is 1. The van der Waals surface area contributed by atoms with Crippen molar-refractivity contribution >= 4 is 10.0 Å². The molecule has 0 saturated heterocycles. The fourth-order valence-corrected chi connectivity index (χ4v) is 4.65. The summed E-state index contributed by atoms with van der Waals surface area (Å²) in [4.78, 5) is 4.14. The zero-order valence-corrected chi connectivity index (χ0v) is 15.7. The Balaban J connectivity index is 1.91. The van der Waals surface area contributed by atoms with E-state index in [-0.39, 0.29) is 10.9 Å². The molecule has 1 aliphatic rings. The lowest BCUT2D eigenvalue weighted by molar-refractivity contribution is 0.0279.